The molecule has 0 aliphatic carbocycles. The molecule has 0 fully saturated rings. The number of benzene rings is 2. The van der Waals surface area contributed by atoms with Crippen LogP contribution in [0.5, 0.6) is 5.75 Å². The molecule has 1 N–H and O–H groups in total. The average molecular weight is 170 g/mol. The normalized spacial score (nSPS) is 10.2. The van der Waals surface area contributed by atoms with Gasteiger partial charge in [-0.3, -0.25) is 0 Å². The first kappa shape index (κ1) is 7.87. The summed E-state index contributed by atoms with van der Waals surface area (Å²) in [7, 11) is 0. The van der Waals surface area contributed by atoms with Crippen LogP contribution < -0.4 is 0 Å². The van der Waals surface area contributed by atoms with E-state index in [9.17, 15) is 5.11 Å². The largest absolute Gasteiger partial charge is 0.507 e. The fourth-order valence-corrected chi connectivity index (χ4v) is 1.52. The zero-order valence-corrected chi connectivity index (χ0v) is 7.20. The van der Waals surface area contributed by atoms with E-state index in [-0.39, 0.29) is 0 Å². The molecule has 0 unspecified atom stereocenters. The SMILES string of the molecule is C=Cc1cccc2cccc(O)c12. The lowest BCUT2D eigenvalue weighted by molar-refractivity contribution is 0.481. The van der Waals surface area contributed by atoms with Crippen molar-refractivity contribution in [1.29, 1.82) is 0 Å². The van der Waals surface area contributed by atoms with Crippen LogP contribution in [0.2, 0.25) is 0 Å². The summed E-state index contributed by atoms with van der Waals surface area (Å²) >= 11 is 0. The summed E-state index contributed by atoms with van der Waals surface area (Å²) in [6.45, 7) is 3.71. The molecule has 1 nitrogen and oxygen atoms in total. The van der Waals surface area contributed by atoms with Crippen molar-refractivity contribution in [2.75, 3.05) is 0 Å². The standard InChI is InChI=1S/C12H10O/c1-2-9-5-3-6-10-7-4-8-11(13)12(9)10/h2-8,13H,1H2. The van der Waals surface area contributed by atoms with Crippen molar-refractivity contribution in [3.63, 3.8) is 0 Å². The lowest BCUT2D eigenvalue weighted by Gasteiger charge is -2.03. The topological polar surface area (TPSA) is 20.2 Å². The third kappa shape index (κ3) is 1.18. The first-order valence-electron chi connectivity index (χ1n) is 4.16. The van der Waals surface area contributed by atoms with Gasteiger partial charge in [0.05, 0.1) is 0 Å². The molecule has 0 radical (unpaired) electrons. The van der Waals surface area contributed by atoms with Gasteiger partial charge in [0.15, 0.2) is 0 Å². The molecule has 0 saturated carbocycles. The van der Waals surface area contributed by atoms with Crippen LogP contribution >= 0.6 is 0 Å². The summed E-state index contributed by atoms with van der Waals surface area (Å²) in [6, 6.07) is 11.4. The van der Waals surface area contributed by atoms with Crippen LogP contribution in [0, 0.1) is 0 Å². The fourth-order valence-electron chi connectivity index (χ4n) is 1.52. The maximum atomic E-state index is 9.64. The van der Waals surface area contributed by atoms with Crippen LogP contribution in [0.3, 0.4) is 0 Å². The highest BCUT2D eigenvalue weighted by atomic mass is 16.3. The minimum absolute atomic E-state index is 0.313. The van der Waals surface area contributed by atoms with E-state index in [4.69, 9.17) is 0 Å². The number of phenolic OH excluding ortho intramolecular Hbond substituents is 1. The number of rotatable bonds is 1. The number of fused-ring (bicyclic) bond motifs is 1. The molecule has 13 heavy (non-hydrogen) atoms. The second-order valence-corrected chi connectivity index (χ2v) is 2.93. The Balaban J connectivity index is 2.94. The van der Waals surface area contributed by atoms with Crippen LogP contribution in [-0.2, 0) is 0 Å². The van der Waals surface area contributed by atoms with Gasteiger partial charge in [-0.15, -0.1) is 0 Å². The molecule has 0 atom stereocenters. The molecule has 2 aromatic rings. The maximum absolute atomic E-state index is 9.64. The van der Waals surface area contributed by atoms with Crippen LogP contribution in [0.15, 0.2) is 43.0 Å². The molecular formula is C12H10O. The van der Waals surface area contributed by atoms with Gasteiger partial charge in [-0.2, -0.15) is 0 Å². The number of aromatic hydroxyl groups is 1. The minimum atomic E-state index is 0.313. The Labute approximate surface area is 76.9 Å². The Morgan fingerprint density at radius 1 is 1.08 bits per heavy atom. The molecule has 64 valence electrons. The predicted octanol–water partition coefficient (Wildman–Crippen LogP) is 3.19. The molecular weight excluding hydrogens is 160 g/mol. The summed E-state index contributed by atoms with van der Waals surface area (Å²) < 4.78 is 0. The number of hydrogen-bond acceptors (Lipinski definition) is 1. The molecule has 0 aliphatic rings. The Morgan fingerprint density at radius 3 is 2.46 bits per heavy atom. The fraction of sp³-hybridized carbons (Fsp3) is 0. The summed E-state index contributed by atoms with van der Waals surface area (Å²) in [4.78, 5) is 0. The molecule has 0 aromatic heterocycles. The smallest absolute Gasteiger partial charge is 0.124 e. The zero-order chi connectivity index (χ0) is 9.26. The molecule has 0 bridgehead atoms. The molecule has 0 saturated heterocycles. The van der Waals surface area contributed by atoms with E-state index in [0.29, 0.717) is 5.75 Å². The van der Waals surface area contributed by atoms with Crippen LogP contribution in [0.25, 0.3) is 16.8 Å². The molecule has 0 amide bonds. The van der Waals surface area contributed by atoms with E-state index in [1.165, 1.54) is 0 Å². The van der Waals surface area contributed by atoms with Gasteiger partial charge < -0.3 is 5.11 Å². The third-order valence-corrected chi connectivity index (χ3v) is 2.13. The highest BCUT2D eigenvalue weighted by Crippen LogP contribution is 2.28. The van der Waals surface area contributed by atoms with Crippen molar-refractivity contribution in [2.24, 2.45) is 0 Å². The zero-order valence-electron chi connectivity index (χ0n) is 7.20. The summed E-state index contributed by atoms with van der Waals surface area (Å²) in [5.74, 6) is 0.313. The Hall–Kier alpha value is -1.76. The van der Waals surface area contributed by atoms with E-state index in [0.717, 1.165) is 16.3 Å². The monoisotopic (exact) mass is 170 g/mol. The highest BCUT2D eigenvalue weighted by Gasteiger charge is 2.01. The van der Waals surface area contributed by atoms with Gasteiger partial charge in [0.2, 0.25) is 0 Å². The molecule has 1 heteroatoms. The molecule has 0 aliphatic heterocycles. The van der Waals surface area contributed by atoms with E-state index in [2.05, 4.69) is 6.58 Å². The third-order valence-electron chi connectivity index (χ3n) is 2.13. The van der Waals surface area contributed by atoms with Crippen LogP contribution in [0.4, 0.5) is 0 Å². The van der Waals surface area contributed by atoms with Gasteiger partial charge in [0.1, 0.15) is 5.75 Å². The predicted molar refractivity (Wildman–Crippen MR) is 55.7 cm³/mol. The van der Waals surface area contributed by atoms with Gasteiger partial charge in [0.25, 0.3) is 0 Å². The van der Waals surface area contributed by atoms with Gasteiger partial charge in [-0.05, 0) is 17.0 Å². The first-order chi connectivity index (χ1) is 6.33. The van der Waals surface area contributed by atoms with Gasteiger partial charge >= 0.3 is 0 Å². The van der Waals surface area contributed by atoms with Crippen LogP contribution in [0.1, 0.15) is 5.56 Å². The lowest BCUT2D eigenvalue weighted by atomic mass is 10.0. The van der Waals surface area contributed by atoms with Crippen molar-refractivity contribution in [3.05, 3.63) is 48.5 Å². The molecule has 0 spiro atoms. The summed E-state index contributed by atoms with van der Waals surface area (Å²) in [5, 5.41) is 11.5. The minimum Gasteiger partial charge on any atom is -0.507 e. The Morgan fingerprint density at radius 2 is 1.77 bits per heavy atom. The number of phenols is 1. The Kier molecular flexibility index (Phi) is 1.78. The first-order valence-corrected chi connectivity index (χ1v) is 4.16. The van der Waals surface area contributed by atoms with Crippen LogP contribution in [-0.4, -0.2) is 5.11 Å². The summed E-state index contributed by atoms with van der Waals surface area (Å²) in [6.07, 6.45) is 1.75. The van der Waals surface area contributed by atoms with E-state index in [1.54, 1.807) is 12.1 Å². The molecule has 0 heterocycles. The average Bonchev–Trinajstić information content (AvgIpc) is 2.17. The highest BCUT2D eigenvalue weighted by molar-refractivity contribution is 5.94. The lowest BCUT2D eigenvalue weighted by Crippen LogP contribution is -1.78. The maximum Gasteiger partial charge on any atom is 0.124 e. The Bertz CT molecular complexity index is 452. The van der Waals surface area contributed by atoms with Crippen molar-refractivity contribution in [3.8, 4) is 5.75 Å². The summed E-state index contributed by atoms with van der Waals surface area (Å²) in [5.41, 5.74) is 0.968. The second kappa shape index (κ2) is 2.94. The van der Waals surface area contributed by atoms with E-state index >= 15 is 0 Å². The number of hydrogen-bond donors (Lipinski definition) is 1. The van der Waals surface area contributed by atoms with E-state index in [1.807, 2.05) is 30.3 Å². The van der Waals surface area contributed by atoms with Gasteiger partial charge in [-0.25, -0.2) is 0 Å². The van der Waals surface area contributed by atoms with Crippen molar-refractivity contribution in [1.82, 2.24) is 0 Å². The van der Waals surface area contributed by atoms with Crippen molar-refractivity contribution in [2.45, 2.75) is 0 Å². The quantitative estimate of drug-likeness (QED) is 0.696. The van der Waals surface area contributed by atoms with E-state index < -0.39 is 0 Å². The molecule has 2 rings (SSSR count). The van der Waals surface area contributed by atoms with Gasteiger partial charge in [-0.1, -0.05) is 43.0 Å². The van der Waals surface area contributed by atoms with Gasteiger partial charge in [0, 0.05) is 5.39 Å². The van der Waals surface area contributed by atoms with Crippen molar-refractivity contribution < 1.29 is 5.11 Å². The molecule has 2 aromatic carbocycles. The van der Waals surface area contributed by atoms with Crippen molar-refractivity contribution >= 4 is 16.8 Å². The second-order valence-electron chi connectivity index (χ2n) is 2.93.